The molecule has 1 amide bonds. The number of hydrogen-bond acceptors (Lipinski definition) is 4. The summed E-state index contributed by atoms with van der Waals surface area (Å²) in [6.45, 7) is 3.16. The summed E-state index contributed by atoms with van der Waals surface area (Å²) in [7, 11) is 1.58. The number of rotatable bonds is 5. The molecular weight excluding hydrogens is 206 g/mol. The van der Waals surface area contributed by atoms with Gasteiger partial charge in [-0.05, 0) is 18.1 Å². The molecule has 0 bridgehead atoms. The number of aryl methyl sites for hydroxylation is 1. The molecule has 1 aromatic heterocycles. The van der Waals surface area contributed by atoms with Gasteiger partial charge in [0.2, 0.25) is 0 Å². The molecule has 0 spiro atoms. The Bertz CT molecular complexity index is 366. The van der Waals surface area contributed by atoms with Gasteiger partial charge in [-0.1, -0.05) is 6.07 Å². The van der Waals surface area contributed by atoms with Crippen molar-refractivity contribution in [3.8, 4) is 0 Å². The molecule has 1 rings (SSSR count). The maximum Gasteiger partial charge on any atom is 0.269 e. The second-order valence-electron chi connectivity index (χ2n) is 3.49. The Morgan fingerprint density at radius 1 is 1.56 bits per heavy atom. The molecule has 16 heavy (non-hydrogen) atoms. The van der Waals surface area contributed by atoms with E-state index in [1.54, 1.807) is 13.2 Å². The molecule has 0 unspecified atom stereocenters. The number of aliphatic hydroxyl groups is 1. The first-order valence-electron chi connectivity index (χ1n) is 5.18. The summed E-state index contributed by atoms with van der Waals surface area (Å²) in [6, 6.07) is 1.92. The van der Waals surface area contributed by atoms with Crippen LogP contribution in [0, 0.1) is 6.92 Å². The molecule has 0 radical (unpaired) electrons. The van der Waals surface area contributed by atoms with E-state index in [9.17, 15) is 4.79 Å². The largest absolute Gasteiger partial charge is 0.395 e. The summed E-state index contributed by atoms with van der Waals surface area (Å²) in [5.41, 5.74) is 2.30. The van der Waals surface area contributed by atoms with E-state index in [1.165, 1.54) is 0 Å². The van der Waals surface area contributed by atoms with Gasteiger partial charge in [0.1, 0.15) is 5.69 Å². The van der Waals surface area contributed by atoms with Crippen LogP contribution in [0.25, 0.3) is 0 Å². The Balaban J connectivity index is 2.71. The monoisotopic (exact) mass is 223 g/mol. The predicted molar refractivity (Wildman–Crippen MR) is 61.2 cm³/mol. The minimum absolute atomic E-state index is 0.114. The number of aromatic nitrogens is 1. The van der Waals surface area contributed by atoms with Crippen molar-refractivity contribution in [3.05, 3.63) is 29.1 Å². The second kappa shape index (κ2) is 6.19. The highest BCUT2D eigenvalue weighted by atomic mass is 16.3. The number of hydrogen-bond donors (Lipinski definition) is 3. The van der Waals surface area contributed by atoms with Crippen molar-refractivity contribution >= 4 is 5.91 Å². The van der Waals surface area contributed by atoms with Crippen LogP contribution in [0.3, 0.4) is 0 Å². The van der Waals surface area contributed by atoms with Gasteiger partial charge >= 0.3 is 0 Å². The molecule has 0 saturated heterocycles. The lowest BCUT2D eigenvalue weighted by Gasteiger charge is -2.07. The Morgan fingerprint density at radius 3 is 2.88 bits per heavy atom. The Kier molecular flexibility index (Phi) is 4.88. The smallest absolute Gasteiger partial charge is 0.269 e. The van der Waals surface area contributed by atoms with Crippen molar-refractivity contribution in [2.45, 2.75) is 13.5 Å². The van der Waals surface area contributed by atoms with Gasteiger partial charge in [-0.2, -0.15) is 0 Å². The first-order valence-corrected chi connectivity index (χ1v) is 5.18. The minimum Gasteiger partial charge on any atom is -0.395 e. The van der Waals surface area contributed by atoms with Crippen LogP contribution in [0.1, 0.15) is 21.6 Å². The molecule has 0 atom stereocenters. The third-order valence-electron chi connectivity index (χ3n) is 2.19. The summed E-state index contributed by atoms with van der Waals surface area (Å²) in [6.07, 6.45) is 1.67. The third-order valence-corrected chi connectivity index (χ3v) is 2.19. The quantitative estimate of drug-likeness (QED) is 0.606. The van der Waals surface area contributed by atoms with Crippen LogP contribution in [0.2, 0.25) is 0 Å². The van der Waals surface area contributed by atoms with Gasteiger partial charge in [0.25, 0.3) is 5.91 Å². The van der Waals surface area contributed by atoms with Crippen LogP contribution >= 0.6 is 0 Å². The minimum atomic E-state index is -0.174. The predicted octanol–water partition coefficient (Wildman–Crippen LogP) is -0.168. The summed E-state index contributed by atoms with van der Waals surface area (Å²) >= 11 is 0. The average Bonchev–Trinajstić information content (AvgIpc) is 2.29. The van der Waals surface area contributed by atoms with E-state index in [0.717, 1.165) is 11.1 Å². The molecule has 5 nitrogen and oxygen atoms in total. The van der Waals surface area contributed by atoms with Crippen LogP contribution in [0.4, 0.5) is 0 Å². The van der Waals surface area contributed by atoms with Crippen LogP contribution in [0.5, 0.6) is 0 Å². The molecule has 0 aliphatic rings. The van der Waals surface area contributed by atoms with Crippen LogP contribution < -0.4 is 10.6 Å². The van der Waals surface area contributed by atoms with E-state index in [0.29, 0.717) is 18.8 Å². The normalized spacial score (nSPS) is 10.2. The van der Waals surface area contributed by atoms with Gasteiger partial charge in [-0.25, -0.2) is 0 Å². The first kappa shape index (κ1) is 12.6. The summed E-state index contributed by atoms with van der Waals surface area (Å²) in [4.78, 5) is 15.5. The Hall–Kier alpha value is -1.46. The van der Waals surface area contributed by atoms with E-state index < -0.39 is 0 Å². The Morgan fingerprint density at radius 2 is 2.31 bits per heavy atom. The van der Waals surface area contributed by atoms with Gasteiger partial charge in [-0.15, -0.1) is 0 Å². The van der Waals surface area contributed by atoms with Crippen molar-refractivity contribution in [2.24, 2.45) is 0 Å². The number of nitrogens with one attached hydrogen (secondary N) is 2. The van der Waals surface area contributed by atoms with Crippen molar-refractivity contribution in [1.82, 2.24) is 15.6 Å². The highest BCUT2D eigenvalue weighted by Crippen LogP contribution is 2.07. The van der Waals surface area contributed by atoms with E-state index in [4.69, 9.17) is 5.11 Å². The van der Waals surface area contributed by atoms with Crippen molar-refractivity contribution in [2.75, 3.05) is 20.2 Å². The zero-order chi connectivity index (χ0) is 12.0. The fourth-order valence-electron chi connectivity index (χ4n) is 1.40. The molecule has 1 heterocycles. The van der Waals surface area contributed by atoms with E-state index in [2.05, 4.69) is 15.6 Å². The zero-order valence-corrected chi connectivity index (χ0v) is 9.58. The third kappa shape index (κ3) is 3.29. The SMILES string of the molecule is CNC(=O)c1ncc(CNCCO)cc1C. The van der Waals surface area contributed by atoms with Crippen LogP contribution in [0.15, 0.2) is 12.3 Å². The highest BCUT2D eigenvalue weighted by molar-refractivity contribution is 5.93. The molecule has 5 heteroatoms. The van der Waals surface area contributed by atoms with Gasteiger partial charge in [0, 0.05) is 26.3 Å². The van der Waals surface area contributed by atoms with E-state index in [1.807, 2.05) is 13.0 Å². The van der Waals surface area contributed by atoms with Gasteiger partial charge in [0.15, 0.2) is 0 Å². The highest BCUT2D eigenvalue weighted by Gasteiger charge is 2.08. The van der Waals surface area contributed by atoms with Gasteiger partial charge in [0.05, 0.1) is 6.61 Å². The summed E-state index contributed by atoms with van der Waals surface area (Å²) < 4.78 is 0. The maximum absolute atomic E-state index is 11.4. The number of carbonyl (C=O) groups is 1. The van der Waals surface area contributed by atoms with Gasteiger partial charge in [-0.3, -0.25) is 9.78 Å². The molecule has 1 aromatic rings. The molecule has 0 fully saturated rings. The van der Waals surface area contributed by atoms with Gasteiger partial charge < -0.3 is 15.7 Å². The summed E-state index contributed by atoms with van der Waals surface area (Å²) in [5.74, 6) is -0.174. The van der Waals surface area contributed by atoms with Crippen LogP contribution in [-0.2, 0) is 6.54 Å². The molecule has 0 aliphatic heterocycles. The number of pyridine rings is 1. The number of amides is 1. The summed E-state index contributed by atoms with van der Waals surface area (Å²) in [5, 5.41) is 14.2. The zero-order valence-electron chi connectivity index (χ0n) is 9.58. The topological polar surface area (TPSA) is 74.2 Å². The van der Waals surface area contributed by atoms with Crippen molar-refractivity contribution < 1.29 is 9.90 Å². The van der Waals surface area contributed by atoms with Crippen LogP contribution in [-0.4, -0.2) is 36.2 Å². The fourth-order valence-corrected chi connectivity index (χ4v) is 1.40. The molecule has 3 N–H and O–H groups in total. The van der Waals surface area contributed by atoms with Crippen molar-refractivity contribution in [3.63, 3.8) is 0 Å². The average molecular weight is 223 g/mol. The fraction of sp³-hybridized carbons (Fsp3) is 0.455. The first-order chi connectivity index (χ1) is 7.69. The number of carbonyl (C=O) groups excluding carboxylic acids is 1. The molecule has 0 aromatic carbocycles. The number of nitrogens with zero attached hydrogens (tertiary/aromatic N) is 1. The lowest BCUT2D eigenvalue weighted by Crippen LogP contribution is -2.21. The molecular formula is C11H17N3O2. The molecule has 0 saturated carbocycles. The lowest BCUT2D eigenvalue weighted by atomic mass is 10.1. The van der Waals surface area contributed by atoms with E-state index in [-0.39, 0.29) is 12.5 Å². The number of aliphatic hydroxyl groups excluding tert-OH is 1. The second-order valence-corrected chi connectivity index (χ2v) is 3.49. The Labute approximate surface area is 94.9 Å². The lowest BCUT2D eigenvalue weighted by molar-refractivity contribution is 0.0957. The van der Waals surface area contributed by atoms with Crippen molar-refractivity contribution in [1.29, 1.82) is 0 Å². The standard InChI is InChI=1S/C11H17N3O2/c1-8-5-9(6-13-3-4-15)7-14-10(8)11(16)12-2/h5,7,13,15H,3-4,6H2,1-2H3,(H,12,16). The molecule has 0 aliphatic carbocycles. The van der Waals surface area contributed by atoms with E-state index >= 15 is 0 Å². The maximum atomic E-state index is 11.4. The molecule has 88 valence electrons.